The van der Waals surface area contributed by atoms with E-state index in [-0.39, 0.29) is 30.6 Å². The normalized spacial score (nSPS) is 19.0. The van der Waals surface area contributed by atoms with Gasteiger partial charge < -0.3 is 14.2 Å². The Labute approximate surface area is 178 Å². The molecule has 1 rings (SSSR count). The Balaban J connectivity index is 2.22. The molecule has 0 bridgehead atoms. The summed E-state index contributed by atoms with van der Waals surface area (Å²) in [5.41, 5.74) is 0. The highest BCUT2D eigenvalue weighted by Gasteiger charge is 2.39. The average molecular weight is 413 g/mol. The highest BCUT2D eigenvalue weighted by Crippen LogP contribution is 2.30. The van der Waals surface area contributed by atoms with Crippen molar-refractivity contribution in [3.63, 3.8) is 0 Å². The molecule has 1 fully saturated rings. The second-order valence-corrected chi connectivity index (χ2v) is 8.44. The summed E-state index contributed by atoms with van der Waals surface area (Å²) < 4.78 is 16.2. The molecular formula is C24H44O5. The zero-order valence-corrected chi connectivity index (χ0v) is 19.1. The van der Waals surface area contributed by atoms with E-state index in [1.165, 1.54) is 51.4 Å². The van der Waals surface area contributed by atoms with Crippen molar-refractivity contribution in [3.8, 4) is 0 Å². The lowest BCUT2D eigenvalue weighted by Gasteiger charge is -2.15. The van der Waals surface area contributed by atoms with Gasteiger partial charge in [0, 0.05) is 0 Å². The number of esters is 2. The minimum absolute atomic E-state index is 0.0629. The third-order valence-corrected chi connectivity index (χ3v) is 5.60. The maximum absolute atomic E-state index is 12.5. The summed E-state index contributed by atoms with van der Waals surface area (Å²) in [5, 5.41) is 0. The number of hydrogen-bond acceptors (Lipinski definition) is 5. The zero-order valence-electron chi connectivity index (χ0n) is 19.1. The van der Waals surface area contributed by atoms with Gasteiger partial charge in [-0.15, -0.1) is 0 Å². The maximum Gasteiger partial charge on any atom is 0.309 e. The van der Waals surface area contributed by atoms with Gasteiger partial charge in [0.25, 0.3) is 0 Å². The third kappa shape index (κ3) is 13.7. The van der Waals surface area contributed by atoms with Gasteiger partial charge in [-0.25, -0.2) is 0 Å². The van der Waals surface area contributed by atoms with Crippen LogP contribution >= 0.6 is 0 Å². The van der Waals surface area contributed by atoms with Gasteiger partial charge in [-0.05, 0) is 26.2 Å². The fourth-order valence-electron chi connectivity index (χ4n) is 3.52. The van der Waals surface area contributed by atoms with E-state index in [1.807, 2.05) is 6.92 Å². The number of carbonyl (C=O) groups excluding carboxylic acids is 2. The van der Waals surface area contributed by atoms with E-state index in [0.717, 1.165) is 25.7 Å². The van der Waals surface area contributed by atoms with Crippen LogP contribution < -0.4 is 0 Å². The lowest BCUT2D eigenvalue weighted by Crippen LogP contribution is -2.24. The van der Waals surface area contributed by atoms with Crippen molar-refractivity contribution in [1.29, 1.82) is 0 Å². The molecule has 3 atom stereocenters. The lowest BCUT2D eigenvalue weighted by atomic mass is 9.98. The van der Waals surface area contributed by atoms with Crippen LogP contribution in [0.1, 0.15) is 111 Å². The second-order valence-electron chi connectivity index (χ2n) is 8.44. The minimum atomic E-state index is -0.456. The quantitative estimate of drug-likeness (QED) is 0.148. The molecule has 0 saturated carbocycles. The van der Waals surface area contributed by atoms with Crippen molar-refractivity contribution in [3.05, 3.63) is 0 Å². The Morgan fingerprint density at radius 3 is 1.79 bits per heavy atom. The van der Waals surface area contributed by atoms with Crippen LogP contribution in [0.3, 0.4) is 0 Å². The number of hydrogen-bond donors (Lipinski definition) is 0. The summed E-state index contributed by atoms with van der Waals surface area (Å²) in [4.78, 5) is 24.7. The molecule has 29 heavy (non-hydrogen) atoms. The highest BCUT2D eigenvalue weighted by molar-refractivity contribution is 5.80. The molecule has 170 valence electrons. The molecule has 0 aromatic heterocycles. The van der Waals surface area contributed by atoms with Crippen molar-refractivity contribution in [1.82, 2.24) is 0 Å². The van der Waals surface area contributed by atoms with Gasteiger partial charge in [0.05, 0.1) is 37.8 Å². The molecule has 1 aliphatic heterocycles. The lowest BCUT2D eigenvalue weighted by molar-refractivity contribution is -0.155. The van der Waals surface area contributed by atoms with Crippen molar-refractivity contribution in [2.75, 3.05) is 13.2 Å². The molecule has 0 aliphatic carbocycles. The van der Waals surface area contributed by atoms with Crippen molar-refractivity contribution in [2.45, 2.75) is 123 Å². The van der Waals surface area contributed by atoms with Gasteiger partial charge in [0.15, 0.2) is 0 Å². The number of unbranched alkanes of at least 4 members (excludes halogenated alkanes) is 10. The van der Waals surface area contributed by atoms with Crippen LogP contribution in [0.2, 0.25) is 0 Å². The molecule has 0 aromatic rings. The minimum Gasteiger partial charge on any atom is -0.466 e. The van der Waals surface area contributed by atoms with Gasteiger partial charge in [-0.2, -0.15) is 0 Å². The van der Waals surface area contributed by atoms with Crippen molar-refractivity contribution < 1.29 is 23.8 Å². The van der Waals surface area contributed by atoms with Crippen LogP contribution in [0.4, 0.5) is 0 Å². The number of carbonyl (C=O) groups is 2. The van der Waals surface area contributed by atoms with Gasteiger partial charge in [0.1, 0.15) is 0 Å². The van der Waals surface area contributed by atoms with Crippen LogP contribution in [0, 0.1) is 5.92 Å². The van der Waals surface area contributed by atoms with E-state index < -0.39 is 5.92 Å². The monoisotopic (exact) mass is 412 g/mol. The largest absolute Gasteiger partial charge is 0.466 e. The molecule has 3 unspecified atom stereocenters. The predicted molar refractivity (Wildman–Crippen MR) is 116 cm³/mol. The maximum atomic E-state index is 12.5. The average Bonchev–Trinajstić information content (AvgIpc) is 3.40. The Morgan fingerprint density at radius 1 is 0.793 bits per heavy atom. The van der Waals surface area contributed by atoms with Crippen LogP contribution in [0.15, 0.2) is 0 Å². The van der Waals surface area contributed by atoms with Crippen LogP contribution in [-0.4, -0.2) is 37.4 Å². The molecule has 0 aromatic carbocycles. The van der Waals surface area contributed by atoms with E-state index in [9.17, 15) is 9.59 Å². The topological polar surface area (TPSA) is 65.1 Å². The van der Waals surface area contributed by atoms with Gasteiger partial charge in [0.2, 0.25) is 0 Å². The van der Waals surface area contributed by atoms with Crippen LogP contribution in [0.25, 0.3) is 0 Å². The summed E-state index contributed by atoms with van der Waals surface area (Å²) in [6.07, 6.45) is 14.7. The molecule has 0 radical (unpaired) electrons. The summed E-state index contributed by atoms with van der Waals surface area (Å²) in [6.45, 7) is 7.27. The summed E-state index contributed by atoms with van der Waals surface area (Å²) in [5.74, 6) is -1.03. The number of ether oxygens (including phenoxy) is 3. The first-order valence-corrected chi connectivity index (χ1v) is 12.1. The Bertz CT molecular complexity index is 437. The summed E-state index contributed by atoms with van der Waals surface area (Å²) in [7, 11) is 0. The van der Waals surface area contributed by atoms with Crippen molar-refractivity contribution in [2.24, 2.45) is 5.92 Å². The molecule has 0 amide bonds. The smallest absolute Gasteiger partial charge is 0.309 e. The first-order chi connectivity index (χ1) is 14.1. The van der Waals surface area contributed by atoms with Gasteiger partial charge in [-0.1, -0.05) is 78.1 Å². The van der Waals surface area contributed by atoms with Crippen molar-refractivity contribution >= 4 is 11.9 Å². The molecule has 1 heterocycles. The second kappa shape index (κ2) is 16.7. The highest BCUT2D eigenvalue weighted by atomic mass is 16.6. The molecule has 0 N–H and O–H groups in total. The fraction of sp³-hybridized carbons (Fsp3) is 0.917. The van der Waals surface area contributed by atoms with E-state index in [4.69, 9.17) is 14.2 Å². The fourth-order valence-corrected chi connectivity index (χ4v) is 3.52. The summed E-state index contributed by atoms with van der Waals surface area (Å²) >= 11 is 0. The van der Waals surface area contributed by atoms with E-state index >= 15 is 0 Å². The standard InChI is InChI=1S/C24H44O5/c1-4-6-8-10-12-14-16-27-23(25)19-21(18-22-20(3)29-22)24(26)28-17-15-13-11-9-7-5-2/h20-22H,4-19H2,1-3H3. The van der Waals surface area contributed by atoms with E-state index in [2.05, 4.69) is 13.8 Å². The number of rotatable bonds is 19. The van der Waals surface area contributed by atoms with E-state index in [1.54, 1.807) is 0 Å². The molecule has 1 saturated heterocycles. The summed E-state index contributed by atoms with van der Waals surface area (Å²) in [6, 6.07) is 0. The Kier molecular flexibility index (Phi) is 14.9. The molecule has 5 heteroatoms. The van der Waals surface area contributed by atoms with Crippen LogP contribution in [0.5, 0.6) is 0 Å². The zero-order chi connectivity index (χ0) is 21.3. The first-order valence-electron chi connectivity index (χ1n) is 12.1. The SMILES string of the molecule is CCCCCCCCOC(=O)CC(CC1OC1C)C(=O)OCCCCCCCC. The van der Waals surface area contributed by atoms with Crippen LogP contribution in [-0.2, 0) is 23.8 Å². The predicted octanol–water partition coefficient (Wildman–Crippen LogP) is 5.98. The molecular weight excluding hydrogens is 368 g/mol. The Morgan fingerprint density at radius 2 is 1.28 bits per heavy atom. The molecule has 5 nitrogen and oxygen atoms in total. The van der Waals surface area contributed by atoms with E-state index in [0.29, 0.717) is 19.6 Å². The number of epoxide rings is 1. The molecule has 0 spiro atoms. The Hall–Kier alpha value is -1.10. The molecule has 1 aliphatic rings. The van der Waals surface area contributed by atoms with Gasteiger partial charge in [-0.3, -0.25) is 9.59 Å². The van der Waals surface area contributed by atoms with Gasteiger partial charge >= 0.3 is 11.9 Å². The first kappa shape index (κ1) is 25.9. The third-order valence-electron chi connectivity index (χ3n) is 5.60.